The SMILES string of the molecule is CC(=O)CCc1ncc(-c2ccccc2F)[nH]1. The van der Waals surface area contributed by atoms with Gasteiger partial charge in [0.05, 0.1) is 11.9 Å². The van der Waals surface area contributed by atoms with Crippen molar-refractivity contribution in [2.45, 2.75) is 19.8 Å². The van der Waals surface area contributed by atoms with Crippen molar-refractivity contribution in [2.24, 2.45) is 0 Å². The number of benzene rings is 1. The zero-order chi connectivity index (χ0) is 12.3. The summed E-state index contributed by atoms with van der Waals surface area (Å²) < 4.78 is 13.5. The number of carbonyl (C=O) groups excluding carboxylic acids is 1. The highest BCUT2D eigenvalue weighted by Crippen LogP contribution is 2.20. The van der Waals surface area contributed by atoms with Gasteiger partial charge in [-0.3, -0.25) is 0 Å². The van der Waals surface area contributed by atoms with Crippen LogP contribution in [0.3, 0.4) is 0 Å². The Morgan fingerprint density at radius 3 is 2.88 bits per heavy atom. The molecule has 0 amide bonds. The van der Waals surface area contributed by atoms with Crippen molar-refractivity contribution < 1.29 is 9.18 Å². The van der Waals surface area contributed by atoms with Gasteiger partial charge in [0, 0.05) is 18.4 Å². The van der Waals surface area contributed by atoms with Gasteiger partial charge in [0.2, 0.25) is 0 Å². The average Bonchev–Trinajstić information content (AvgIpc) is 2.75. The molecule has 0 fully saturated rings. The maximum atomic E-state index is 13.5. The molecular formula is C13H13FN2O. The topological polar surface area (TPSA) is 45.8 Å². The molecule has 17 heavy (non-hydrogen) atoms. The molecular weight excluding hydrogens is 219 g/mol. The minimum atomic E-state index is -0.283. The average molecular weight is 232 g/mol. The summed E-state index contributed by atoms with van der Waals surface area (Å²) in [5, 5.41) is 0. The van der Waals surface area contributed by atoms with Crippen LogP contribution in [0.1, 0.15) is 19.2 Å². The molecule has 88 valence electrons. The number of Topliss-reactive ketones (excluding diaryl/α,β-unsaturated/α-hetero) is 1. The minimum absolute atomic E-state index is 0.119. The first kappa shape index (κ1) is 11.5. The summed E-state index contributed by atoms with van der Waals surface area (Å²) in [6.07, 6.45) is 2.60. The predicted octanol–water partition coefficient (Wildman–Crippen LogP) is 2.74. The number of aryl methyl sites for hydroxylation is 1. The van der Waals surface area contributed by atoms with Gasteiger partial charge in [-0.25, -0.2) is 9.37 Å². The van der Waals surface area contributed by atoms with Gasteiger partial charge < -0.3 is 9.78 Å². The summed E-state index contributed by atoms with van der Waals surface area (Å²) in [4.78, 5) is 18.0. The molecule has 0 spiro atoms. The molecule has 1 N–H and O–H groups in total. The molecule has 0 aliphatic rings. The van der Waals surface area contributed by atoms with Gasteiger partial charge in [-0.15, -0.1) is 0 Å². The van der Waals surface area contributed by atoms with Crippen molar-refractivity contribution in [1.82, 2.24) is 9.97 Å². The Labute approximate surface area is 98.7 Å². The summed E-state index contributed by atoms with van der Waals surface area (Å²) >= 11 is 0. The summed E-state index contributed by atoms with van der Waals surface area (Å²) in [5.74, 6) is 0.543. The van der Waals surface area contributed by atoms with Crippen molar-refractivity contribution in [1.29, 1.82) is 0 Å². The molecule has 0 saturated carbocycles. The zero-order valence-corrected chi connectivity index (χ0v) is 9.53. The van der Waals surface area contributed by atoms with Crippen LogP contribution >= 0.6 is 0 Å². The van der Waals surface area contributed by atoms with E-state index in [2.05, 4.69) is 9.97 Å². The van der Waals surface area contributed by atoms with Crippen molar-refractivity contribution in [2.75, 3.05) is 0 Å². The summed E-state index contributed by atoms with van der Waals surface area (Å²) in [7, 11) is 0. The molecule has 2 aromatic rings. The summed E-state index contributed by atoms with van der Waals surface area (Å²) in [6, 6.07) is 6.52. The number of rotatable bonds is 4. The molecule has 0 unspecified atom stereocenters. The van der Waals surface area contributed by atoms with Crippen LogP contribution in [0.2, 0.25) is 0 Å². The number of imidazole rings is 1. The second-order valence-electron chi connectivity index (χ2n) is 3.93. The summed E-state index contributed by atoms with van der Waals surface area (Å²) in [6.45, 7) is 1.54. The van der Waals surface area contributed by atoms with E-state index in [4.69, 9.17) is 0 Å². The molecule has 1 heterocycles. The van der Waals surface area contributed by atoms with Gasteiger partial charge >= 0.3 is 0 Å². The lowest BCUT2D eigenvalue weighted by molar-refractivity contribution is -0.117. The van der Waals surface area contributed by atoms with Crippen LogP contribution in [0.15, 0.2) is 30.5 Å². The number of aromatic amines is 1. The third-order valence-electron chi connectivity index (χ3n) is 2.51. The van der Waals surface area contributed by atoms with Gasteiger partial charge in [-0.1, -0.05) is 12.1 Å². The lowest BCUT2D eigenvalue weighted by atomic mass is 10.1. The lowest BCUT2D eigenvalue weighted by Gasteiger charge is -1.98. The Morgan fingerprint density at radius 2 is 2.18 bits per heavy atom. The van der Waals surface area contributed by atoms with E-state index in [1.807, 2.05) is 0 Å². The van der Waals surface area contributed by atoms with Crippen molar-refractivity contribution >= 4 is 5.78 Å². The summed E-state index contributed by atoms with van der Waals surface area (Å²) in [5.41, 5.74) is 1.13. The molecule has 3 nitrogen and oxygen atoms in total. The number of H-pyrrole nitrogens is 1. The van der Waals surface area contributed by atoms with Crippen LogP contribution in [-0.4, -0.2) is 15.8 Å². The van der Waals surface area contributed by atoms with Gasteiger partial charge in [0.15, 0.2) is 0 Å². The van der Waals surface area contributed by atoms with E-state index in [1.165, 1.54) is 6.07 Å². The fourth-order valence-corrected chi connectivity index (χ4v) is 1.60. The number of halogens is 1. The highest BCUT2D eigenvalue weighted by Gasteiger charge is 2.07. The van der Waals surface area contributed by atoms with E-state index in [-0.39, 0.29) is 11.6 Å². The van der Waals surface area contributed by atoms with E-state index in [0.29, 0.717) is 29.9 Å². The number of nitrogens with one attached hydrogen (secondary N) is 1. The van der Waals surface area contributed by atoms with Crippen LogP contribution in [0.25, 0.3) is 11.3 Å². The van der Waals surface area contributed by atoms with E-state index < -0.39 is 0 Å². The van der Waals surface area contributed by atoms with E-state index in [9.17, 15) is 9.18 Å². The molecule has 0 saturated heterocycles. The Balaban J connectivity index is 2.18. The van der Waals surface area contributed by atoms with Crippen LogP contribution in [0.5, 0.6) is 0 Å². The molecule has 4 heteroatoms. The number of nitrogens with zero attached hydrogens (tertiary/aromatic N) is 1. The van der Waals surface area contributed by atoms with Crippen LogP contribution in [0, 0.1) is 5.82 Å². The maximum Gasteiger partial charge on any atom is 0.132 e. The number of hydrogen-bond acceptors (Lipinski definition) is 2. The first-order valence-corrected chi connectivity index (χ1v) is 5.45. The Hall–Kier alpha value is -1.97. The molecule has 0 atom stereocenters. The van der Waals surface area contributed by atoms with E-state index in [1.54, 1.807) is 31.3 Å². The smallest absolute Gasteiger partial charge is 0.132 e. The maximum absolute atomic E-state index is 13.5. The van der Waals surface area contributed by atoms with Crippen molar-refractivity contribution in [3.8, 4) is 11.3 Å². The Bertz CT molecular complexity index is 534. The third-order valence-corrected chi connectivity index (χ3v) is 2.51. The fraction of sp³-hybridized carbons (Fsp3) is 0.231. The first-order valence-electron chi connectivity index (χ1n) is 5.45. The third kappa shape index (κ3) is 2.78. The predicted molar refractivity (Wildman–Crippen MR) is 63.0 cm³/mol. The molecule has 0 aliphatic carbocycles. The van der Waals surface area contributed by atoms with E-state index in [0.717, 1.165) is 0 Å². The van der Waals surface area contributed by atoms with Gasteiger partial charge in [-0.05, 0) is 19.1 Å². The van der Waals surface area contributed by atoms with Crippen LogP contribution in [-0.2, 0) is 11.2 Å². The normalized spacial score (nSPS) is 10.5. The fourth-order valence-electron chi connectivity index (χ4n) is 1.60. The Morgan fingerprint density at radius 1 is 1.41 bits per heavy atom. The molecule has 0 bridgehead atoms. The van der Waals surface area contributed by atoms with Gasteiger partial charge in [0.25, 0.3) is 0 Å². The molecule has 0 radical (unpaired) electrons. The second kappa shape index (κ2) is 4.91. The molecule has 0 aliphatic heterocycles. The van der Waals surface area contributed by atoms with Gasteiger partial charge in [-0.2, -0.15) is 0 Å². The van der Waals surface area contributed by atoms with Crippen molar-refractivity contribution in [3.05, 3.63) is 42.1 Å². The number of hydrogen-bond donors (Lipinski definition) is 1. The minimum Gasteiger partial charge on any atom is -0.342 e. The number of aromatic nitrogens is 2. The number of ketones is 1. The highest BCUT2D eigenvalue weighted by atomic mass is 19.1. The second-order valence-corrected chi connectivity index (χ2v) is 3.93. The van der Waals surface area contributed by atoms with E-state index >= 15 is 0 Å². The number of carbonyl (C=O) groups is 1. The van der Waals surface area contributed by atoms with Gasteiger partial charge in [0.1, 0.15) is 17.4 Å². The van der Waals surface area contributed by atoms with Crippen molar-refractivity contribution in [3.63, 3.8) is 0 Å². The zero-order valence-electron chi connectivity index (χ0n) is 9.53. The molecule has 1 aromatic carbocycles. The lowest BCUT2D eigenvalue weighted by Crippen LogP contribution is -1.95. The first-order chi connectivity index (χ1) is 8.16. The Kier molecular flexibility index (Phi) is 3.32. The molecule has 1 aromatic heterocycles. The standard InChI is InChI=1S/C13H13FN2O/c1-9(17)6-7-13-15-8-12(16-13)10-4-2-3-5-11(10)14/h2-5,8H,6-7H2,1H3,(H,15,16). The molecule has 2 rings (SSSR count). The quantitative estimate of drug-likeness (QED) is 0.881. The van der Waals surface area contributed by atoms with Crippen LogP contribution in [0.4, 0.5) is 4.39 Å². The monoisotopic (exact) mass is 232 g/mol. The largest absolute Gasteiger partial charge is 0.342 e. The highest BCUT2D eigenvalue weighted by molar-refractivity contribution is 5.75. The van der Waals surface area contributed by atoms with Crippen LogP contribution < -0.4 is 0 Å².